The van der Waals surface area contributed by atoms with Gasteiger partial charge in [-0.1, -0.05) is 35.8 Å². The first-order valence-corrected chi connectivity index (χ1v) is 2.84. The van der Waals surface area contributed by atoms with Gasteiger partial charge in [0, 0.05) is 5.97 Å². The number of halogens is 1. The Bertz CT molecular complexity index is 225. The molecule has 0 aromatic heterocycles. The molecule has 1 rings (SSSR count). The molecule has 1 aromatic rings. The van der Waals surface area contributed by atoms with Gasteiger partial charge in [-0.3, -0.25) is 0 Å². The fourth-order valence-corrected chi connectivity index (χ4v) is 0.687. The second-order valence-corrected chi connectivity index (χ2v) is 1.82. The Morgan fingerprint density at radius 1 is 1.08 bits per heavy atom. The number of hydrogen-bond acceptors (Lipinski definition) is 1. The van der Waals surface area contributed by atoms with Crippen LogP contribution < -0.4 is 5.46 Å². The van der Waals surface area contributed by atoms with Crippen molar-refractivity contribution in [3.8, 4) is 5.97 Å². The van der Waals surface area contributed by atoms with E-state index in [1.54, 1.807) is 0 Å². The molecule has 12 heavy (non-hydrogen) atoms. The van der Waals surface area contributed by atoms with Crippen LogP contribution in [0.25, 0.3) is 0 Å². The van der Waals surface area contributed by atoms with Gasteiger partial charge < -0.3 is 11.0 Å². The van der Waals surface area contributed by atoms with E-state index in [2.05, 4.69) is 5.97 Å². The van der Waals surface area contributed by atoms with E-state index < -0.39 is 0 Å². The zero-order valence-corrected chi connectivity index (χ0v) is 7.27. The zero-order chi connectivity index (χ0) is 6.53. The van der Waals surface area contributed by atoms with Crippen LogP contribution >= 0.6 is 12.4 Å². The van der Waals surface area contributed by atoms with E-state index in [1.807, 2.05) is 30.3 Å². The van der Waals surface area contributed by atoms with Gasteiger partial charge in [-0.05, 0) is 0 Å². The van der Waals surface area contributed by atoms with Crippen molar-refractivity contribution in [2.45, 2.75) is 0 Å². The maximum Gasteiger partial charge on any atom is 0.282 e. The summed E-state index contributed by atoms with van der Waals surface area (Å²) in [5.74, 6) is 2.08. The van der Waals surface area contributed by atoms with Crippen molar-refractivity contribution in [3.05, 3.63) is 30.3 Å². The van der Waals surface area contributed by atoms with E-state index in [0.29, 0.717) is 7.28 Å². The largest absolute Gasteiger partial charge is 0.412 e. The average Bonchev–Trinajstić information content (AvgIpc) is 1.91. The fourth-order valence-electron chi connectivity index (χ4n) is 0.687. The lowest BCUT2D eigenvalue weighted by Crippen LogP contribution is -2.10. The Hall–Kier alpha value is -1.02. The van der Waals surface area contributed by atoms with Gasteiger partial charge in [0.2, 0.25) is 0 Å². The molecule has 0 heterocycles. The van der Waals surface area contributed by atoms with Crippen molar-refractivity contribution in [2.24, 2.45) is 0 Å². The highest BCUT2D eigenvalue weighted by atomic mass is 35.5. The van der Waals surface area contributed by atoms with Crippen LogP contribution in [0.15, 0.2) is 30.3 Å². The van der Waals surface area contributed by atoms with Gasteiger partial charge in [0.05, 0.1) is 0 Å². The molecule has 66 valence electrons. The Kier molecular flexibility index (Phi) is 14.3. The van der Waals surface area contributed by atoms with Gasteiger partial charge in [0.1, 0.15) is 0 Å². The van der Waals surface area contributed by atoms with Crippen LogP contribution in [0.2, 0.25) is 0 Å². The third-order valence-corrected chi connectivity index (χ3v) is 1.13. The average molecular weight is 187 g/mol. The summed E-state index contributed by atoms with van der Waals surface area (Å²) < 4.78 is 0. The summed E-state index contributed by atoms with van der Waals surface area (Å²) in [5, 5.41) is 8.27. The maximum atomic E-state index is 8.27. The highest BCUT2D eigenvalue weighted by Gasteiger charge is 1.88. The van der Waals surface area contributed by atoms with Crippen molar-refractivity contribution in [2.75, 3.05) is 0 Å². The van der Waals surface area contributed by atoms with Crippen molar-refractivity contribution < 1.29 is 11.0 Å². The van der Waals surface area contributed by atoms with E-state index in [4.69, 9.17) is 5.26 Å². The van der Waals surface area contributed by atoms with Crippen molar-refractivity contribution in [1.29, 1.82) is 5.26 Å². The van der Waals surface area contributed by atoms with E-state index >= 15 is 0 Å². The molecule has 0 unspecified atom stereocenters. The molecular weight excluding hydrogens is 176 g/mol. The molecule has 0 aliphatic heterocycles. The standard InChI is InChI=1S/C7H6BN.ClH.2H2O/c9-6-8-7-4-2-1-3-5-7;;;/h1-5,8H;1H;2*1H2. The molecular formula is C7H11BClNO2. The lowest BCUT2D eigenvalue weighted by Gasteiger charge is -1.86. The zero-order valence-electron chi connectivity index (χ0n) is 6.45. The quantitative estimate of drug-likeness (QED) is 0.519. The third kappa shape index (κ3) is 5.75. The Labute approximate surface area is 78.3 Å². The second-order valence-electron chi connectivity index (χ2n) is 1.82. The molecule has 5 heteroatoms. The number of rotatable bonds is 1. The first kappa shape index (κ1) is 17.2. The summed E-state index contributed by atoms with van der Waals surface area (Å²) in [5.41, 5.74) is 1.08. The molecule has 0 spiro atoms. The lowest BCUT2D eigenvalue weighted by atomic mass is 9.73. The maximum absolute atomic E-state index is 8.27. The van der Waals surface area contributed by atoms with E-state index in [1.165, 1.54) is 0 Å². The first-order chi connectivity index (χ1) is 4.43. The molecule has 0 amide bonds. The number of nitriles is 1. The fraction of sp³-hybridized carbons (Fsp3) is 0. The van der Waals surface area contributed by atoms with Gasteiger partial charge in [0.25, 0.3) is 7.28 Å². The summed E-state index contributed by atoms with van der Waals surface area (Å²) >= 11 is 0. The molecule has 0 fully saturated rings. The molecule has 0 atom stereocenters. The Morgan fingerprint density at radius 3 is 2.00 bits per heavy atom. The summed E-state index contributed by atoms with van der Waals surface area (Å²) in [6, 6.07) is 9.71. The van der Waals surface area contributed by atoms with E-state index in [-0.39, 0.29) is 23.4 Å². The molecule has 0 radical (unpaired) electrons. The highest BCUT2D eigenvalue weighted by molar-refractivity contribution is 6.60. The number of benzene rings is 1. The molecule has 4 N–H and O–H groups in total. The van der Waals surface area contributed by atoms with Crippen molar-refractivity contribution >= 4 is 25.1 Å². The third-order valence-electron chi connectivity index (χ3n) is 1.13. The normalized spacial score (nSPS) is 5.92. The topological polar surface area (TPSA) is 86.8 Å². The van der Waals surface area contributed by atoms with Gasteiger partial charge >= 0.3 is 0 Å². The lowest BCUT2D eigenvalue weighted by molar-refractivity contribution is 0.823. The van der Waals surface area contributed by atoms with Crippen molar-refractivity contribution in [1.82, 2.24) is 0 Å². The van der Waals surface area contributed by atoms with Crippen LogP contribution in [0.4, 0.5) is 0 Å². The van der Waals surface area contributed by atoms with Crippen molar-refractivity contribution in [3.63, 3.8) is 0 Å². The molecule has 0 saturated carbocycles. The SMILES string of the molecule is Cl.N#CBc1ccccc1.O.O. The minimum Gasteiger partial charge on any atom is -0.412 e. The van der Waals surface area contributed by atoms with Gasteiger partial charge in [-0.15, -0.1) is 12.4 Å². The van der Waals surface area contributed by atoms with Crippen LogP contribution in [0, 0.1) is 11.2 Å². The minimum atomic E-state index is 0. The van der Waals surface area contributed by atoms with Crippen LogP contribution in [0.1, 0.15) is 0 Å². The molecule has 3 nitrogen and oxygen atoms in total. The van der Waals surface area contributed by atoms with E-state index in [9.17, 15) is 0 Å². The molecule has 0 bridgehead atoms. The van der Waals surface area contributed by atoms with E-state index in [0.717, 1.165) is 5.46 Å². The second kappa shape index (κ2) is 9.98. The van der Waals surface area contributed by atoms with Gasteiger partial charge in [-0.25, -0.2) is 5.26 Å². The Morgan fingerprint density at radius 2 is 1.58 bits per heavy atom. The smallest absolute Gasteiger partial charge is 0.282 e. The highest BCUT2D eigenvalue weighted by Crippen LogP contribution is 1.79. The summed E-state index contributed by atoms with van der Waals surface area (Å²) in [7, 11) is 0.515. The molecule has 0 aliphatic carbocycles. The predicted octanol–water partition coefficient (Wildman–Crippen LogP) is -0.998. The van der Waals surface area contributed by atoms with Crippen LogP contribution in [-0.2, 0) is 0 Å². The number of hydrogen-bond donors (Lipinski definition) is 0. The summed E-state index contributed by atoms with van der Waals surface area (Å²) in [6.07, 6.45) is 0. The molecule has 0 aliphatic rings. The van der Waals surface area contributed by atoms with Crippen LogP contribution in [-0.4, -0.2) is 18.2 Å². The van der Waals surface area contributed by atoms with Gasteiger partial charge in [0.15, 0.2) is 0 Å². The molecule has 1 aromatic carbocycles. The summed E-state index contributed by atoms with van der Waals surface area (Å²) in [4.78, 5) is 0. The number of nitrogens with zero attached hydrogens (tertiary/aromatic N) is 1. The predicted molar refractivity (Wildman–Crippen MR) is 53.3 cm³/mol. The van der Waals surface area contributed by atoms with Crippen LogP contribution in [0.5, 0.6) is 0 Å². The molecule has 0 saturated heterocycles. The van der Waals surface area contributed by atoms with Crippen LogP contribution in [0.3, 0.4) is 0 Å². The Balaban J connectivity index is -0.000000270. The monoisotopic (exact) mass is 187 g/mol. The first-order valence-electron chi connectivity index (χ1n) is 2.84. The minimum absolute atomic E-state index is 0. The summed E-state index contributed by atoms with van der Waals surface area (Å²) in [6.45, 7) is 0. The van der Waals surface area contributed by atoms with Gasteiger partial charge in [-0.2, -0.15) is 0 Å².